The lowest BCUT2D eigenvalue weighted by Crippen LogP contribution is -2.10. The Kier molecular flexibility index (Phi) is 5.33. The molecule has 0 spiro atoms. The number of aliphatic hydroxyl groups is 1. The van der Waals surface area contributed by atoms with E-state index in [1.165, 1.54) is 0 Å². The van der Waals surface area contributed by atoms with Crippen molar-refractivity contribution in [1.82, 2.24) is 0 Å². The molecule has 0 aliphatic carbocycles. The summed E-state index contributed by atoms with van der Waals surface area (Å²) < 4.78 is 5.70. The number of benzene rings is 1. The topological polar surface area (TPSA) is 29.5 Å². The number of rotatable bonds is 6. The first-order valence-electron chi connectivity index (χ1n) is 6.08. The molecule has 1 N–H and O–H groups in total. The molecule has 0 amide bonds. The summed E-state index contributed by atoms with van der Waals surface area (Å²) in [5.41, 5.74) is 0.926. The third-order valence-electron chi connectivity index (χ3n) is 3.00. The second-order valence-corrected chi connectivity index (χ2v) is 4.24. The molecular formula is C14H22O2. The zero-order valence-corrected chi connectivity index (χ0v) is 10.4. The minimum Gasteiger partial charge on any atom is -0.493 e. The van der Waals surface area contributed by atoms with Gasteiger partial charge in [-0.05, 0) is 30.5 Å². The summed E-state index contributed by atoms with van der Waals surface area (Å²) in [5.74, 6) is 1.52. The highest BCUT2D eigenvalue weighted by Crippen LogP contribution is 2.18. The average molecular weight is 222 g/mol. The molecule has 16 heavy (non-hydrogen) atoms. The van der Waals surface area contributed by atoms with Crippen molar-refractivity contribution in [3.63, 3.8) is 0 Å². The van der Waals surface area contributed by atoms with Crippen LogP contribution in [0.2, 0.25) is 0 Å². The van der Waals surface area contributed by atoms with E-state index >= 15 is 0 Å². The Bertz CT molecular complexity index is 286. The van der Waals surface area contributed by atoms with Crippen molar-refractivity contribution < 1.29 is 9.84 Å². The van der Waals surface area contributed by atoms with Crippen LogP contribution in [0, 0.1) is 5.92 Å². The first-order chi connectivity index (χ1) is 7.67. The Labute approximate surface area is 98.3 Å². The Balaban J connectivity index is 2.49. The summed E-state index contributed by atoms with van der Waals surface area (Å²) in [6, 6.07) is 7.66. The first kappa shape index (κ1) is 13.0. The molecule has 0 saturated heterocycles. The number of aliphatic hydroxyl groups excluding tert-OH is 1. The van der Waals surface area contributed by atoms with Crippen molar-refractivity contribution in [1.29, 1.82) is 0 Å². The minimum absolute atomic E-state index is 0.409. The predicted molar refractivity (Wildman–Crippen MR) is 66.6 cm³/mol. The molecule has 0 fully saturated rings. The van der Waals surface area contributed by atoms with Crippen LogP contribution in [0.1, 0.15) is 45.3 Å². The Morgan fingerprint density at radius 1 is 1.12 bits per heavy atom. The van der Waals surface area contributed by atoms with Gasteiger partial charge in [-0.2, -0.15) is 0 Å². The van der Waals surface area contributed by atoms with Crippen LogP contribution in [0.5, 0.6) is 5.75 Å². The van der Waals surface area contributed by atoms with Crippen LogP contribution in [-0.4, -0.2) is 11.7 Å². The second kappa shape index (κ2) is 6.54. The SMILES string of the molecule is CCC(CC)COc1ccc([C@H](C)O)cc1. The van der Waals surface area contributed by atoms with E-state index in [1.807, 2.05) is 24.3 Å². The number of hydrogen-bond acceptors (Lipinski definition) is 2. The molecule has 1 rings (SSSR count). The van der Waals surface area contributed by atoms with Crippen LogP contribution in [0.3, 0.4) is 0 Å². The summed E-state index contributed by atoms with van der Waals surface area (Å²) in [5, 5.41) is 9.37. The van der Waals surface area contributed by atoms with E-state index in [1.54, 1.807) is 6.92 Å². The van der Waals surface area contributed by atoms with Gasteiger partial charge in [-0.25, -0.2) is 0 Å². The maximum atomic E-state index is 9.37. The molecule has 0 radical (unpaired) electrons. The van der Waals surface area contributed by atoms with E-state index in [9.17, 15) is 5.11 Å². The van der Waals surface area contributed by atoms with Gasteiger partial charge < -0.3 is 9.84 Å². The van der Waals surface area contributed by atoms with E-state index < -0.39 is 6.10 Å². The largest absolute Gasteiger partial charge is 0.493 e. The highest BCUT2D eigenvalue weighted by Gasteiger charge is 2.05. The Morgan fingerprint density at radius 3 is 2.12 bits per heavy atom. The van der Waals surface area contributed by atoms with Gasteiger partial charge >= 0.3 is 0 Å². The van der Waals surface area contributed by atoms with Crippen LogP contribution < -0.4 is 4.74 Å². The lowest BCUT2D eigenvalue weighted by Gasteiger charge is -2.14. The average Bonchev–Trinajstić information content (AvgIpc) is 2.31. The molecule has 0 aliphatic heterocycles. The first-order valence-corrected chi connectivity index (χ1v) is 6.08. The Morgan fingerprint density at radius 2 is 1.69 bits per heavy atom. The van der Waals surface area contributed by atoms with Gasteiger partial charge in [0.25, 0.3) is 0 Å². The molecule has 0 aliphatic rings. The van der Waals surface area contributed by atoms with Crippen molar-refractivity contribution >= 4 is 0 Å². The van der Waals surface area contributed by atoms with Crippen molar-refractivity contribution in [2.45, 2.75) is 39.7 Å². The number of ether oxygens (including phenoxy) is 1. The van der Waals surface area contributed by atoms with Crippen LogP contribution in [0.15, 0.2) is 24.3 Å². The fourth-order valence-electron chi connectivity index (χ4n) is 1.58. The van der Waals surface area contributed by atoms with Gasteiger partial charge in [-0.15, -0.1) is 0 Å². The van der Waals surface area contributed by atoms with Crippen LogP contribution >= 0.6 is 0 Å². The van der Waals surface area contributed by atoms with Gasteiger partial charge in [0.2, 0.25) is 0 Å². The molecule has 0 bridgehead atoms. The monoisotopic (exact) mass is 222 g/mol. The van der Waals surface area contributed by atoms with E-state index in [4.69, 9.17) is 4.74 Å². The van der Waals surface area contributed by atoms with Crippen LogP contribution in [-0.2, 0) is 0 Å². The quantitative estimate of drug-likeness (QED) is 0.797. The van der Waals surface area contributed by atoms with Crippen molar-refractivity contribution in [3.05, 3.63) is 29.8 Å². The van der Waals surface area contributed by atoms with Crippen LogP contribution in [0.25, 0.3) is 0 Å². The summed E-state index contributed by atoms with van der Waals surface area (Å²) in [7, 11) is 0. The number of hydrogen-bond donors (Lipinski definition) is 1. The second-order valence-electron chi connectivity index (χ2n) is 4.24. The van der Waals surface area contributed by atoms with E-state index in [-0.39, 0.29) is 0 Å². The lowest BCUT2D eigenvalue weighted by molar-refractivity contribution is 0.199. The van der Waals surface area contributed by atoms with E-state index in [0.717, 1.165) is 30.8 Å². The summed E-state index contributed by atoms with van der Waals surface area (Å²) in [4.78, 5) is 0. The minimum atomic E-state index is -0.409. The summed E-state index contributed by atoms with van der Waals surface area (Å²) >= 11 is 0. The van der Waals surface area contributed by atoms with E-state index in [2.05, 4.69) is 13.8 Å². The third-order valence-corrected chi connectivity index (χ3v) is 3.00. The summed E-state index contributed by atoms with van der Waals surface area (Å²) in [6.45, 7) is 6.92. The molecule has 0 saturated carbocycles. The molecular weight excluding hydrogens is 200 g/mol. The Hall–Kier alpha value is -1.02. The van der Waals surface area contributed by atoms with Gasteiger partial charge in [0.15, 0.2) is 0 Å². The molecule has 0 aromatic heterocycles. The lowest BCUT2D eigenvalue weighted by atomic mass is 10.1. The van der Waals surface area contributed by atoms with Gasteiger partial charge in [0.1, 0.15) is 5.75 Å². The molecule has 0 heterocycles. The molecule has 90 valence electrons. The zero-order chi connectivity index (χ0) is 12.0. The third kappa shape index (κ3) is 3.86. The predicted octanol–water partition coefficient (Wildman–Crippen LogP) is 3.55. The van der Waals surface area contributed by atoms with Crippen molar-refractivity contribution in [2.24, 2.45) is 5.92 Å². The van der Waals surface area contributed by atoms with E-state index in [0.29, 0.717) is 5.92 Å². The molecule has 2 heteroatoms. The highest BCUT2D eigenvalue weighted by atomic mass is 16.5. The highest BCUT2D eigenvalue weighted by molar-refractivity contribution is 5.28. The molecule has 1 aromatic rings. The molecule has 0 unspecified atom stereocenters. The smallest absolute Gasteiger partial charge is 0.119 e. The summed E-state index contributed by atoms with van der Waals surface area (Å²) in [6.07, 6.45) is 1.90. The normalized spacial score (nSPS) is 12.8. The molecule has 2 nitrogen and oxygen atoms in total. The van der Waals surface area contributed by atoms with Gasteiger partial charge in [-0.1, -0.05) is 38.8 Å². The van der Waals surface area contributed by atoms with Gasteiger partial charge in [0, 0.05) is 0 Å². The maximum absolute atomic E-state index is 9.37. The molecule has 1 aromatic carbocycles. The van der Waals surface area contributed by atoms with Crippen molar-refractivity contribution in [2.75, 3.05) is 6.61 Å². The van der Waals surface area contributed by atoms with Gasteiger partial charge in [-0.3, -0.25) is 0 Å². The fourth-order valence-corrected chi connectivity index (χ4v) is 1.58. The van der Waals surface area contributed by atoms with Gasteiger partial charge in [0.05, 0.1) is 12.7 Å². The standard InChI is InChI=1S/C14H22O2/c1-4-12(5-2)10-16-14-8-6-13(7-9-14)11(3)15/h6-9,11-12,15H,4-5,10H2,1-3H3/t11-/m0/s1. The molecule has 1 atom stereocenters. The van der Waals surface area contributed by atoms with Crippen molar-refractivity contribution in [3.8, 4) is 5.75 Å². The van der Waals surface area contributed by atoms with Crippen LogP contribution in [0.4, 0.5) is 0 Å². The fraction of sp³-hybridized carbons (Fsp3) is 0.571. The zero-order valence-electron chi connectivity index (χ0n) is 10.4. The maximum Gasteiger partial charge on any atom is 0.119 e.